The lowest BCUT2D eigenvalue weighted by atomic mass is 10.0. The highest BCUT2D eigenvalue weighted by atomic mass is 32.2. The minimum Gasteiger partial charge on any atom is -0.454 e. The molecule has 9 nitrogen and oxygen atoms in total. The molecule has 10 heteroatoms. The molecular weight excluding hydrogens is 410 g/mol. The van der Waals surface area contributed by atoms with E-state index in [1.54, 1.807) is 30.3 Å². The number of hydrogen-bond acceptors (Lipinski definition) is 6. The standard InChI is InChI=1S/C20H21N3O6S/c24-19(14-9-10-17-18(12-14)29-13-28-17)21-22-20(25)16-8-4-5-11-23(16)30(26,27)15-6-2-1-3-7-15/h1-3,6-7,9-10,12,16H,4-5,8,11,13H2,(H,21,24)(H,22,25). The maximum absolute atomic E-state index is 13.0. The van der Waals surface area contributed by atoms with Crippen molar-refractivity contribution in [2.24, 2.45) is 0 Å². The van der Waals surface area contributed by atoms with E-state index in [0.29, 0.717) is 24.3 Å². The van der Waals surface area contributed by atoms with Gasteiger partial charge in [0.1, 0.15) is 6.04 Å². The molecule has 4 rings (SSSR count). The molecule has 0 saturated carbocycles. The number of amides is 2. The molecule has 1 fully saturated rings. The first-order valence-corrected chi connectivity index (χ1v) is 11.0. The predicted molar refractivity (Wildman–Crippen MR) is 106 cm³/mol. The lowest BCUT2D eigenvalue weighted by molar-refractivity contribution is -0.126. The van der Waals surface area contributed by atoms with Crippen molar-refractivity contribution in [2.45, 2.75) is 30.2 Å². The Kier molecular flexibility index (Phi) is 5.60. The Morgan fingerprint density at radius 1 is 0.967 bits per heavy atom. The van der Waals surface area contributed by atoms with Gasteiger partial charge in [-0.25, -0.2) is 8.42 Å². The van der Waals surface area contributed by atoms with E-state index in [1.165, 1.54) is 22.5 Å². The normalized spacial score (nSPS) is 18.6. The molecule has 2 aromatic rings. The van der Waals surface area contributed by atoms with E-state index < -0.39 is 27.9 Å². The highest BCUT2D eigenvalue weighted by molar-refractivity contribution is 7.89. The molecule has 0 bridgehead atoms. The van der Waals surface area contributed by atoms with Crippen LogP contribution in [0.3, 0.4) is 0 Å². The number of hydrazine groups is 1. The SMILES string of the molecule is O=C(NNC(=O)C1CCCCN1S(=O)(=O)c1ccccc1)c1ccc2c(c1)OCO2. The van der Waals surface area contributed by atoms with Gasteiger partial charge in [0.15, 0.2) is 11.5 Å². The van der Waals surface area contributed by atoms with Gasteiger partial charge in [-0.15, -0.1) is 0 Å². The molecule has 1 unspecified atom stereocenters. The number of nitrogens with one attached hydrogen (secondary N) is 2. The Morgan fingerprint density at radius 3 is 2.53 bits per heavy atom. The molecule has 158 valence electrons. The van der Waals surface area contributed by atoms with Crippen molar-refractivity contribution in [1.82, 2.24) is 15.2 Å². The van der Waals surface area contributed by atoms with Crippen LogP contribution in [0, 0.1) is 0 Å². The Morgan fingerprint density at radius 2 is 1.73 bits per heavy atom. The van der Waals surface area contributed by atoms with Gasteiger partial charge in [0.2, 0.25) is 16.8 Å². The zero-order chi connectivity index (χ0) is 21.1. The smallest absolute Gasteiger partial charge is 0.269 e. The van der Waals surface area contributed by atoms with Crippen molar-refractivity contribution in [3.05, 3.63) is 54.1 Å². The van der Waals surface area contributed by atoms with Crippen molar-refractivity contribution in [2.75, 3.05) is 13.3 Å². The topological polar surface area (TPSA) is 114 Å². The predicted octanol–water partition coefficient (Wildman–Crippen LogP) is 1.42. The van der Waals surface area contributed by atoms with Crippen molar-refractivity contribution in [3.63, 3.8) is 0 Å². The van der Waals surface area contributed by atoms with E-state index in [1.807, 2.05) is 0 Å². The fourth-order valence-corrected chi connectivity index (χ4v) is 5.17. The molecule has 0 aromatic heterocycles. The molecule has 1 saturated heterocycles. The van der Waals surface area contributed by atoms with Gasteiger partial charge >= 0.3 is 0 Å². The molecule has 2 heterocycles. The van der Waals surface area contributed by atoms with Gasteiger partial charge < -0.3 is 9.47 Å². The van der Waals surface area contributed by atoms with E-state index in [4.69, 9.17) is 9.47 Å². The zero-order valence-electron chi connectivity index (χ0n) is 16.0. The van der Waals surface area contributed by atoms with Crippen molar-refractivity contribution in [3.8, 4) is 11.5 Å². The summed E-state index contributed by atoms with van der Waals surface area (Å²) >= 11 is 0. The van der Waals surface area contributed by atoms with E-state index in [-0.39, 0.29) is 23.8 Å². The molecule has 2 aliphatic rings. The van der Waals surface area contributed by atoms with Gasteiger partial charge in [-0.3, -0.25) is 20.4 Å². The zero-order valence-corrected chi connectivity index (χ0v) is 16.9. The summed E-state index contributed by atoms with van der Waals surface area (Å²) < 4.78 is 37.7. The Balaban J connectivity index is 1.44. The summed E-state index contributed by atoms with van der Waals surface area (Å²) in [5.41, 5.74) is 4.97. The summed E-state index contributed by atoms with van der Waals surface area (Å²) in [7, 11) is -3.82. The molecule has 0 radical (unpaired) electrons. The number of piperidine rings is 1. The monoisotopic (exact) mass is 431 g/mol. The van der Waals surface area contributed by atoms with Gasteiger partial charge in [-0.2, -0.15) is 4.31 Å². The number of fused-ring (bicyclic) bond motifs is 1. The summed E-state index contributed by atoms with van der Waals surface area (Å²) in [6.45, 7) is 0.329. The lowest BCUT2D eigenvalue weighted by Gasteiger charge is -2.33. The third kappa shape index (κ3) is 3.96. The summed E-state index contributed by atoms with van der Waals surface area (Å²) in [5, 5.41) is 0. The van der Waals surface area contributed by atoms with Gasteiger partial charge in [0.25, 0.3) is 11.8 Å². The summed E-state index contributed by atoms with van der Waals surface area (Å²) in [5.74, 6) is -0.140. The summed E-state index contributed by atoms with van der Waals surface area (Å²) in [6, 6.07) is 11.8. The van der Waals surface area contributed by atoms with Crippen molar-refractivity contribution in [1.29, 1.82) is 0 Å². The summed E-state index contributed by atoms with van der Waals surface area (Å²) in [6.07, 6.45) is 1.76. The first-order chi connectivity index (χ1) is 14.5. The van der Waals surface area contributed by atoms with Crippen LogP contribution in [-0.4, -0.2) is 43.9 Å². The van der Waals surface area contributed by atoms with Gasteiger partial charge in [-0.1, -0.05) is 24.6 Å². The van der Waals surface area contributed by atoms with Crippen LogP contribution in [0.2, 0.25) is 0 Å². The number of sulfonamides is 1. The van der Waals surface area contributed by atoms with E-state index in [2.05, 4.69) is 10.9 Å². The van der Waals surface area contributed by atoms with E-state index >= 15 is 0 Å². The van der Waals surface area contributed by atoms with Crippen LogP contribution in [0.15, 0.2) is 53.4 Å². The van der Waals surface area contributed by atoms with Crippen molar-refractivity contribution >= 4 is 21.8 Å². The van der Waals surface area contributed by atoms with Crippen LogP contribution in [0.5, 0.6) is 11.5 Å². The molecule has 2 N–H and O–H groups in total. The van der Waals surface area contributed by atoms with E-state index in [0.717, 1.165) is 6.42 Å². The third-order valence-corrected chi connectivity index (χ3v) is 6.96. The maximum atomic E-state index is 13.0. The lowest BCUT2D eigenvalue weighted by Crippen LogP contribution is -2.55. The molecule has 0 spiro atoms. The number of carbonyl (C=O) groups excluding carboxylic acids is 2. The molecule has 2 amide bonds. The van der Waals surface area contributed by atoms with Crippen LogP contribution in [0.4, 0.5) is 0 Å². The fourth-order valence-electron chi connectivity index (χ4n) is 3.49. The molecule has 2 aliphatic heterocycles. The maximum Gasteiger partial charge on any atom is 0.269 e. The van der Waals surface area contributed by atoms with Gasteiger partial charge in [0.05, 0.1) is 4.90 Å². The second-order valence-electron chi connectivity index (χ2n) is 6.95. The second kappa shape index (κ2) is 8.33. The molecule has 0 aliphatic carbocycles. The van der Waals surface area contributed by atoms with Crippen LogP contribution in [-0.2, 0) is 14.8 Å². The minimum atomic E-state index is -3.82. The number of nitrogens with zero attached hydrogens (tertiary/aromatic N) is 1. The quantitative estimate of drug-likeness (QED) is 0.708. The average Bonchev–Trinajstić information content (AvgIpc) is 3.25. The van der Waals surface area contributed by atoms with Gasteiger partial charge in [0, 0.05) is 12.1 Å². The molecule has 30 heavy (non-hydrogen) atoms. The Hall–Kier alpha value is -3.11. The average molecular weight is 431 g/mol. The fraction of sp³-hybridized carbons (Fsp3) is 0.300. The number of rotatable bonds is 4. The Bertz CT molecular complexity index is 1060. The third-order valence-electron chi connectivity index (χ3n) is 5.04. The summed E-state index contributed by atoms with van der Waals surface area (Å²) in [4.78, 5) is 25.2. The number of benzene rings is 2. The van der Waals surface area contributed by atoms with Crippen LogP contribution < -0.4 is 20.3 Å². The number of ether oxygens (including phenoxy) is 2. The minimum absolute atomic E-state index is 0.0878. The molecular formula is C20H21N3O6S. The first-order valence-electron chi connectivity index (χ1n) is 9.53. The van der Waals surface area contributed by atoms with Crippen LogP contribution in [0.1, 0.15) is 29.6 Å². The molecule has 2 aromatic carbocycles. The van der Waals surface area contributed by atoms with Crippen molar-refractivity contribution < 1.29 is 27.5 Å². The number of hydrogen-bond donors (Lipinski definition) is 2. The largest absolute Gasteiger partial charge is 0.454 e. The highest BCUT2D eigenvalue weighted by Gasteiger charge is 2.37. The second-order valence-corrected chi connectivity index (χ2v) is 8.84. The van der Waals surface area contributed by atoms with Crippen LogP contribution in [0.25, 0.3) is 0 Å². The van der Waals surface area contributed by atoms with E-state index in [9.17, 15) is 18.0 Å². The van der Waals surface area contributed by atoms with Crippen LogP contribution >= 0.6 is 0 Å². The highest BCUT2D eigenvalue weighted by Crippen LogP contribution is 2.32. The Labute approximate surface area is 174 Å². The van der Waals surface area contributed by atoms with Gasteiger partial charge in [-0.05, 0) is 43.2 Å². The molecule has 1 atom stereocenters. The first kappa shape index (κ1) is 20.2. The number of carbonyl (C=O) groups is 2.